The van der Waals surface area contributed by atoms with E-state index in [1.807, 2.05) is 6.07 Å². The first-order chi connectivity index (χ1) is 15.4. The first kappa shape index (κ1) is 21.5. The fourth-order valence-electron chi connectivity index (χ4n) is 2.91. The zero-order chi connectivity index (χ0) is 22.7. The van der Waals surface area contributed by atoms with Crippen LogP contribution in [-0.2, 0) is 4.79 Å². The molecule has 0 spiro atoms. The third-order valence-electron chi connectivity index (χ3n) is 4.33. The van der Waals surface area contributed by atoms with Crippen LogP contribution in [0, 0.1) is 5.82 Å². The Morgan fingerprint density at radius 2 is 2.00 bits per heavy atom. The van der Waals surface area contributed by atoms with Gasteiger partial charge in [-0.25, -0.2) is 18.9 Å². The zero-order valence-corrected chi connectivity index (χ0v) is 17.7. The fourth-order valence-corrected chi connectivity index (χ4v) is 3.23. The van der Waals surface area contributed by atoms with Gasteiger partial charge in [0.2, 0.25) is 5.95 Å². The second-order valence-corrected chi connectivity index (χ2v) is 7.43. The quantitative estimate of drug-likeness (QED) is 0.356. The molecule has 2 heterocycles. The molecule has 2 aromatic carbocycles. The van der Waals surface area contributed by atoms with E-state index >= 15 is 0 Å². The van der Waals surface area contributed by atoms with Gasteiger partial charge in [-0.3, -0.25) is 0 Å². The number of anilines is 2. The lowest BCUT2D eigenvalue weighted by Gasteiger charge is -2.12. The van der Waals surface area contributed by atoms with Crippen molar-refractivity contribution in [2.75, 3.05) is 5.32 Å². The van der Waals surface area contributed by atoms with E-state index in [-0.39, 0.29) is 11.0 Å². The summed E-state index contributed by atoms with van der Waals surface area (Å²) in [4.78, 5) is 19.7. The number of carbonyl (C=O) groups is 1. The van der Waals surface area contributed by atoms with Gasteiger partial charge in [0.05, 0.1) is 22.4 Å². The molecule has 0 atom stereocenters. The zero-order valence-electron chi connectivity index (χ0n) is 16.2. The molecule has 0 radical (unpaired) electrons. The second kappa shape index (κ2) is 9.17. The standard InChI is InChI=1S/C22H14Cl2FN5O2/c23-15-10-27-30(12-15)21-17(14-3-1-2-13(8-14)4-7-20(31)32)11-26-22(29-21)28-16-5-6-19(25)18(24)9-16/h1-12H,(H,31,32)(H,26,28,29)/b7-4+. The molecule has 0 saturated carbocycles. The molecule has 32 heavy (non-hydrogen) atoms. The minimum Gasteiger partial charge on any atom is -0.478 e. The highest BCUT2D eigenvalue weighted by molar-refractivity contribution is 6.31. The minimum atomic E-state index is -1.04. The van der Waals surface area contributed by atoms with E-state index in [0.717, 1.165) is 11.6 Å². The van der Waals surface area contributed by atoms with Crippen LogP contribution < -0.4 is 5.32 Å². The topological polar surface area (TPSA) is 92.9 Å². The Morgan fingerprint density at radius 1 is 1.16 bits per heavy atom. The summed E-state index contributed by atoms with van der Waals surface area (Å²) in [6.07, 6.45) is 7.23. The lowest BCUT2D eigenvalue weighted by Crippen LogP contribution is -2.06. The molecule has 160 valence electrons. The van der Waals surface area contributed by atoms with E-state index in [1.165, 1.54) is 35.2 Å². The first-order valence-electron chi connectivity index (χ1n) is 9.20. The fraction of sp³-hybridized carbons (Fsp3) is 0. The number of benzene rings is 2. The summed E-state index contributed by atoms with van der Waals surface area (Å²) in [6.45, 7) is 0. The minimum absolute atomic E-state index is 0.0306. The molecule has 0 saturated heterocycles. The largest absolute Gasteiger partial charge is 0.478 e. The summed E-state index contributed by atoms with van der Waals surface area (Å²) in [5.74, 6) is -0.902. The van der Waals surface area contributed by atoms with Crippen molar-refractivity contribution >= 4 is 46.9 Å². The molecule has 2 N–H and O–H groups in total. The molecule has 0 aliphatic rings. The van der Waals surface area contributed by atoms with Crippen LogP contribution in [0.25, 0.3) is 23.0 Å². The number of nitrogens with one attached hydrogen (secondary N) is 1. The Bertz CT molecular complexity index is 1340. The van der Waals surface area contributed by atoms with Crippen molar-refractivity contribution in [2.24, 2.45) is 0 Å². The number of nitrogens with zero attached hydrogens (tertiary/aromatic N) is 4. The molecule has 4 rings (SSSR count). The Hall–Kier alpha value is -3.75. The van der Waals surface area contributed by atoms with E-state index in [1.54, 1.807) is 30.6 Å². The number of halogens is 3. The molecule has 0 aliphatic carbocycles. The smallest absolute Gasteiger partial charge is 0.328 e. The third kappa shape index (κ3) is 4.93. The molecule has 0 unspecified atom stereocenters. The molecule has 0 amide bonds. The van der Waals surface area contributed by atoms with E-state index < -0.39 is 11.8 Å². The van der Waals surface area contributed by atoms with Crippen LogP contribution in [0.2, 0.25) is 10.0 Å². The van der Waals surface area contributed by atoms with Crippen molar-refractivity contribution in [3.8, 4) is 16.9 Å². The highest BCUT2D eigenvalue weighted by Crippen LogP contribution is 2.28. The molecular weight excluding hydrogens is 456 g/mol. The molecule has 4 aromatic rings. The van der Waals surface area contributed by atoms with Crippen LogP contribution in [0.4, 0.5) is 16.0 Å². The molecule has 0 bridgehead atoms. The first-order valence-corrected chi connectivity index (χ1v) is 9.96. The highest BCUT2D eigenvalue weighted by atomic mass is 35.5. The normalized spacial score (nSPS) is 11.1. The van der Waals surface area contributed by atoms with Crippen LogP contribution in [0.3, 0.4) is 0 Å². The Kier molecular flexibility index (Phi) is 6.16. The van der Waals surface area contributed by atoms with Crippen LogP contribution in [0.1, 0.15) is 5.56 Å². The number of carboxylic acid groups (broad SMARTS) is 1. The lowest BCUT2D eigenvalue weighted by molar-refractivity contribution is -0.131. The summed E-state index contributed by atoms with van der Waals surface area (Å²) in [5.41, 5.74) is 2.58. The van der Waals surface area contributed by atoms with Crippen LogP contribution in [-0.4, -0.2) is 30.8 Å². The number of hydrogen-bond donors (Lipinski definition) is 2. The van der Waals surface area contributed by atoms with Gasteiger partial charge in [-0.15, -0.1) is 0 Å². The average molecular weight is 470 g/mol. The summed E-state index contributed by atoms with van der Waals surface area (Å²) in [7, 11) is 0. The van der Waals surface area contributed by atoms with Gasteiger partial charge in [0.15, 0.2) is 5.82 Å². The molecule has 7 nitrogen and oxygen atoms in total. The number of carboxylic acids is 1. The maximum absolute atomic E-state index is 13.4. The Balaban J connectivity index is 1.76. The predicted octanol–water partition coefficient (Wildman–Crippen LogP) is 5.62. The summed E-state index contributed by atoms with van der Waals surface area (Å²) >= 11 is 11.9. The summed E-state index contributed by atoms with van der Waals surface area (Å²) < 4.78 is 14.9. The molecule has 0 fully saturated rings. The van der Waals surface area contributed by atoms with Gasteiger partial charge in [0.25, 0.3) is 0 Å². The van der Waals surface area contributed by atoms with Gasteiger partial charge in [-0.1, -0.05) is 41.4 Å². The Labute approximate surface area is 191 Å². The monoisotopic (exact) mass is 469 g/mol. The van der Waals surface area contributed by atoms with E-state index in [2.05, 4.69) is 20.4 Å². The highest BCUT2D eigenvalue weighted by Gasteiger charge is 2.14. The number of aromatic nitrogens is 4. The molecule has 10 heteroatoms. The van der Waals surface area contributed by atoms with Crippen LogP contribution in [0.5, 0.6) is 0 Å². The van der Waals surface area contributed by atoms with Crippen LogP contribution in [0.15, 0.2) is 67.1 Å². The maximum atomic E-state index is 13.4. The van der Waals surface area contributed by atoms with Gasteiger partial charge in [0, 0.05) is 23.5 Å². The second-order valence-electron chi connectivity index (χ2n) is 6.58. The van der Waals surface area contributed by atoms with Gasteiger partial charge < -0.3 is 10.4 Å². The number of aliphatic carboxylic acids is 1. The third-order valence-corrected chi connectivity index (χ3v) is 4.81. The number of hydrogen-bond acceptors (Lipinski definition) is 5. The van der Waals surface area contributed by atoms with Crippen molar-refractivity contribution in [2.45, 2.75) is 0 Å². The van der Waals surface area contributed by atoms with Crippen molar-refractivity contribution in [3.05, 3.63) is 88.6 Å². The van der Waals surface area contributed by atoms with Crippen LogP contribution >= 0.6 is 23.2 Å². The SMILES string of the molecule is O=C(O)/C=C/c1cccc(-c2cnc(Nc3ccc(F)c(Cl)c3)nc2-n2cc(Cl)cn2)c1. The van der Waals surface area contributed by atoms with Gasteiger partial charge in [0.1, 0.15) is 5.82 Å². The maximum Gasteiger partial charge on any atom is 0.328 e. The van der Waals surface area contributed by atoms with Crippen molar-refractivity contribution in [1.29, 1.82) is 0 Å². The van der Waals surface area contributed by atoms with Crippen molar-refractivity contribution in [3.63, 3.8) is 0 Å². The van der Waals surface area contributed by atoms with Crippen molar-refractivity contribution in [1.82, 2.24) is 19.7 Å². The Morgan fingerprint density at radius 3 is 2.72 bits per heavy atom. The van der Waals surface area contributed by atoms with E-state index in [9.17, 15) is 9.18 Å². The summed E-state index contributed by atoms with van der Waals surface area (Å²) in [5, 5.41) is 16.5. The van der Waals surface area contributed by atoms with E-state index in [0.29, 0.717) is 27.7 Å². The molecular formula is C22H14Cl2FN5O2. The van der Waals surface area contributed by atoms with Crippen molar-refractivity contribution < 1.29 is 14.3 Å². The van der Waals surface area contributed by atoms with E-state index in [4.69, 9.17) is 28.3 Å². The van der Waals surface area contributed by atoms with Gasteiger partial charge >= 0.3 is 5.97 Å². The van der Waals surface area contributed by atoms with Gasteiger partial charge in [-0.2, -0.15) is 10.1 Å². The lowest BCUT2D eigenvalue weighted by atomic mass is 10.0. The molecule has 2 aromatic heterocycles. The number of rotatable bonds is 6. The van der Waals surface area contributed by atoms with Gasteiger partial charge in [-0.05, 0) is 41.5 Å². The predicted molar refractivity (Wildman–Crippen MR) is 121 cm³/mol. The molecule has 0 aliphatic heterocycles. The average Bonchev–Trinajstić information content (AvgIpc) is 3.21. The summed E-state index contributed by atoms with van der Waals surface area (Å²) in [6, 6.07) is 11.4.